The molecule has 0 spiro atoms. The predicted molar refractivity (Wildman–Crippen MR) is 58.7 cm³/mol. The van der Waals surface area contributed by atoms with E-state index in [9.17, 15) is 0 Å². The second-order valence-electron chi connectivity index (χ2n) is 3.36. The molecule has 0 nitrogen and oxygen atoms in total. The fourth-order valence-corrected chi connectivity index (χ4v) is 1.44. The third-order valence-corrected chi connectivity index (χ3v) is 2.23. The Labute approximate surface area is 85.3 Å². The summed E-state index contributed by atoms with van der Waals surface area (Å²) < 4.78 is 0. The van der Waals surface area contributed by atoms with Gasteiger partial charge in [0.1, 0.15) is 0 Å². The summed E-state index contributed by atoms with van der Waals surface area (Å²) in [5.74, 6) is 12.7. The third kappa shape index (κ3) is 2.18. The number of hydrogen-bond acceptors (Lipinski definition) is 0. The topological polar surface area (TPSA) is 0 Å². The van der Waals surface area contributed by atoms with Gasteiger partial charge in [0.15, 0.2) is 0 Å². The summed E-state index contributed by atoms with van der Waals surface area (Å²) in [4.78, 5) is 0. The quantitative estimate of drug-likeness (QED) is 0.538. The summed E-state index contributed by atoms with van der Waals surface area (Å²) in [5.41, 5.74) is 2.14. The van der Waals surface area contributed by atoms with E-state index in [4.69, 9.17) is 0 Å². The SMILES string of the molecule is C1#Cc2ccccc2C#CCCCC1. The number of rotatable bonds is 0. The van der Waals surface area contributed by atoms with Crippen molar-refractivity contribution in [2.75, 3.05) is 0 Å². The summed E-state index contributed by atoms with van der Waals surface area (Å²) >= 11 is 0. The maximum Gasteiger partial charge on any atom is 0.0401 e. The average molecular weight is 180 g/mol. The zero-order chi connectivity index (χ0) is 9.64. The van der Waals surface area contributed by atoms with Gasteiger partial charge in [0.2, 0.25) is 0 Å². The van der Waals surface area contributed by atoms with Crippen LogP contribution in [0.4, 0.5) is 0 Å². The molecule has 68 valence electrons. The van der Waals surface area contributed by atoms with Gasteiger partial charge in [0, 0.05) is 24.0 Å². The molecule has 0 heteroatoms. The van der Waals surface area contributed by atoms with Crippen molar-refractivity contribution in [1.29, 1.82) is 0 Å². The van der Waals surface area contributed by atoms with E-state index in [0.717, 1.165) is 24.0 Å². The first-order valence-electron chi connectivity index (χ1n) is 5.03. The van der Waals surface area contributed by atoms with Crippen LogP contribution in [0.2, 0.25) is 0 Å². The van der Waals surface area contributed by atoms with E-state index >= 15 is 0 Å². The van der Waals surface area contributed by atoms with Crippen molar-refractivity contribution in [3.8, 4) is 23.7 Å². The van der Waals surface area contributed by atoms with Crippen molar-refractivity contribution in [1.82, 2.24) is 0 Å². The molecule has 0 saturated carbocycles. The zero-order valence-corrected chi connectivity index (χ0v) is 8.14. The molecule has 0 bridgehead atoms. The molecule has 1 aliphatic rings. The molecule has 0 radical (unpaired) electrons. The standard InChI is InChI=1S/C14H12/c1-2-4-6-10-14-12-8-7-11-13(14)9-5-3-1/h7-8,11-12H,1-4H2. The van der Waals surface area contributed by atoms with Crippen LogP contribution in [0.5, 0.6) is 0 Å². The summed E-state index contributed by atoms with van der Waals surface area (Å²) in [6, 6.07) is 8.11. The molecule has 0 aromatic heterocycles. The second-order valence-corrected chi connectivity index (χ2v) is 3.36. The lowest BCUT2D eigenvalue weighted by Crippen LogP contribution is -1.84. The van der Waals surface area contributed by atoms with Crippen LogP contribution < -0.4 is 0 Å². The Bertz CT molecular complexity index is 389. The van der Waals surface area contributed by atoms with Crippen LogP contribution in [0.1, 0.15) is 36.8 Å². The van der Waals surface area contributed by atoms with Gasteiger partial charge >= 0.3 is 0 Å². The third-order valence-electron chi connectivity index (χ3n) is 2.23. The molecule has 0 amide bonds. The van der Waals surface area contributed by atoms with E-state index in [-0.39, 0.29) is 0 Å². The smallest absolute Gasteiger partial charge is 0.0401 e. The lowest BCUT2D eigenvalue weighted by atomic mass is 10.1. The van der Waals surface area contributed by atoms with Gasteiger partial charge in [-0.05, 0) is 25.0 Å². The largest absolute Gasteiger partial charge is 0.0978 e. The van der Waals surface area contributed by atoms with Crippen molar-refractivity contribution in [3.05, 3.63) is 35.4 Å². The maximum absolute atomic E-state index is 3.19. The maximum atomic E-state index is 3.19. The van der Waals surface area contributed by atoms with E-state index in [0.29, 0.717) is 0 Å². The van der Waals surface area contributed by atoms with Crippen molar-refractivity contribution in [2.24, 2.45) is 0 Å². The molecule has 2 rings (SSSR count). The lowest BCUT2D eigenvalue weighted by molar-refractivity contribution is 0.782. The molecule has 1 aliphatic carbocycles. The van der Waals surface area contributed by atoms with Crippen LogP contribution in [-0.4, -0.2) is 0 Å². The van der Waals surface area contributed by atoms with Gasteiger partial charge in [-0.1, -0.05) is 35.8 Å². The Hall–Kier alpha value is -1.66. The van der Waals surface area contributed by atoms with E-state index < -0.39 is 0 Å². The van der Waals surface area contributed by atoms with Crippen molar-refractivity contribution >= 4 is 0 Å². The average Bonchev–Trinajstić information content (AvgIpc) is 2.25. The summed E-state index contributed by atoms with van der Waals surface area (Å²) in [6.07, 6.45) is 4.33. The minimum Gasteiger partial charge on any atom is -0.0978 e. The van der Waals surface area contributed by atoms with Gasteiger partial charge in [0.25, 0.3) is 0 Å². The van der Waals surface area contributed by atoms with Crippen molar-refractivity contribution in [2.45, 2.75) is 25.7 Å². The van der Waals surface area contributed by atoms with Crippen LogP contribution in [-0.2, 0) is 0 Å². The van der Waals surface area contributed by atoms with E-state index in [2.05, 4.69) is 23.7 Å². The second kappa shape index (κ2) is 4.54. The number of hydrogen-bond donors (Lipinski definition) is 0. The van der Waals surface area contributed by atoms with Gasteiger partial charge in [-0.25, -0.2) is 0 Å². The lowest BCUT2D eigenvalue weighted by Gasteiger charge is -1.97. The molecule has 0 heterocycles. The van der Waals surface area contributed by atoms with E-state index in [1.165, 1.54) is 12.8 Å². The summed E-state index contributed by atoms with van der Waals surface area (Å²) in [6.45, 7) is 0. The Morgan fingerprint density at radius 2 is 1.29 bits per heavy atom. The molecule has 0 aliphatic heterocycles. The molecule has 0 unspecified atom stereocenters. The van der Waals surface area contributed by atoms with Crippen molar-refractivity contribution in [3.63, 3.8) is 0 Å². The van der Waals surface area contributed by atoms with Gasteiger partial charge in [0.05, 0.1) is 0 Å². The zero-order valence-electron chi connectivity index (χ0n) is 8.14. The number of benzene rings is 1. The summed E-state index contributed by atoms with van der Waals surface area (Å²) in [5, 5.41) is 0. The molecular formula is C14H12. The first-order valence-corrected chi connectivity index (χ1v) is 5.03. The molecule has 1 aromatic carbocycles. The molecule has 1 aromatic rings. The highest BCUT2D eigenvalue weighted by Crippen LogP contribution is 2.07. The van der Waals surface area contributed by atoms with Crippen LogP contribution in [0.15, 0.2) is 24.3 Å². The van der Waals surface area contributed by atoms with Crippen LogP contribution in [0.25, 0.3) is 0 Å². The minimum absolute atomic E-state index is 0.996. The molecular weight excluding hydrogens is 168 g/mol. The highest BCUT2D eigenvalue weighted by molar-refractivity contribution is 5.50. The Balaban J connectivity index is 2.41. The first-order chi connectivity index (χ1) is 6.97. The molecule has 14 heavy (non-hydrogen) atoms. The predicted octanol–water partition coefficient (Wildman–Crippen LogP) is 2.96. The molecule has 0 atom stereocenters. The Morgan fingerprint density at radius 3 is 1.79 bits per heavy atom. The van der Waals surface area contributed by atoms with E-state index in [1.807, 2.05) is 24.3 Å². The highest BCUT2D eigenvalue weighted by atomic mass is 14.0. The first kappa shape index (κ1) is 8.92. The Morgan fingerprint density at radius 1 is 0.786 bits per heavy atom. The molecule has 0 N–H and O–H groups in total. The fraction of sp³-hybridized carbons (Fsp3) is 0.286. The molecule has 0 saturated heterocycles. The van der Waals surface area contributed by atoms with E-state index in [1.54, 1.807) is 0 Å². The summed E-state index contributed by atoms with van der Waals surface area (Å²) in [7, 11) is 0. The highest BCUT2D eigenvalue weighted by Gasteiger charge is 1.95. The van der Waals surface area contributed by atoms with Gasteiger partial charge in [-0.15, -0.1) is 0 Å². The normalized spacial score (nSPS) is 14.0. The van der Waals surface area contributed by atoms with Crippen LogP contribution in [0, 0.1) is 23.7 Å². The van der Waals surface area contributed by atoms with Crippen molar-refractivity contribution < 1.29 is 0 Å². The monoisotopic (exact) mass is 180 g/mol. The van der Waals surface area contributed by atoms with Gasteiger partial charge in [-0.2, -0.15) is 0 Å². The fourth-order valence-electron chi connectivity index (χ4n) is 1.44. The molecule has 0 fully saturated rings. The minimum atomic E-state index is 0.996. The Kier molecular flexibility index (Phi) is 2.89. The van der Waals surface area contributed by atoms with Crippen LogP contribution in [0.3, 0.4) is 0 Å². The van der Waals surface area contributed by atoms with Crippen LogP contribution >= 0.6 is 0 Å². The van der Waals surface area contributed by atoms with Gasteiger partial charge in [-0.3, -0.25) is 0 Å². The van der Waals surface area contributed by atoms with Gasteiger partial charge < -0.3 is 0 Å². The number of fused-ring (bicyclic) bond motifs is 1.